The van der Waals surface area contributed by atoms with E-state index in [0.29, 0.717) is 0 Å². The third kappa shape index (κ3) is 8.03. The number of benzene rings is 1. The third-order valence-electron chi connectivity index (χ3n) is 3.53. The Balaban J connectivity index is 2.30. The van der Waals surface area contributed by atoms with Crippen LogP contribution in [0.15, 0.2) is 29.3 Å². The Hall–Kier alpha value is -1.55. The van der Waals surface area contributed by atoms with Crippen LogP contribution in [0.1, 0.15) is 43.7 Å². The fourth-order valence-corrected chi connectivity index (χ4v) is 2.29. The average Bonchev–Trinajstić information content (AvgIpc) is 2.51. The van der Waals surface area contributed by atoms with Crippen molar-refractivity contribution < 1.29 is 0 Å². The largest absolute Gasteiger partial charge is 0.356 e. The van der Waals surface area contributed by atoms with E-state index in [-0.39, 0.29) is 0 Å². The number of hydrogen-bond acceptors (Lipinski definition) is 2. The summed E-state index contributed by atoms with van der Waals surface area (Å²) >= 11 is 0. The third-order valence-corrected chi connectivity index (χ3v) is 3.53. The summed E-state index contributed by atoms with van der Waals surface area (Å²) in [5.74, 6) is 0.883. The summed E-state index contributed by atoms with van der Waals surface area (Å²) in [7, 11) is 6.00. The summed E-state index contributed by atoms with van der Waals surface area (Å²) in [5.41, 5.74) is 2.61. The van der Waals surface area contributed by atoms with Crippen molar-refractivity contribution in [2.45, 2.75) is 45.7 Å². The Kier molecular flexibility index (Phi) is 9.31. The minimum Gasteiger partial charge on any atom is -0.356 e. The highest BCUT2D eigenvalue weighted by atomic mass is 15.2. The molecule has 0 aliphatic carbocycles. The van der Waals surface area contributed by atoms with Crippen LogP contribution < -0.4 is 10.6 Å². The van der Waals surface area contributed by atoms with Crippen LogP contribution in [-0.4, -0.2) is 38.5 Å². The second kappa shape index (κ2) is 11.1. The van der Waals surface area contributed by atoms with Crippen LogP contribution in [0.2, 0.25) is 0 Å². The summed E-state index contributed by atoms with van der Waals surface area (Å²) in [6.45, 7) is 5.00. The van der Waals surface area contributed by atoms with Gasteiger partial charge in [-0.05, 0) is 31.6 Å². The lowest BCUT2D eigenvalue weighted by molar-refractivity contribution is 0.402. The maximum atomic E-state index is 4.27. The van der Waals surface area contributed by atoms with Gasteiger partial charge in [-0.15, -0.1) is 0 Å². The van der Waals surface area contributed by atoms with Gasteiger partial charge in [0.15, 0.2) is 5.96 Å². The molecule has 2 N–H and O–H groups in total. The first-order chi connectivity index (χ1) is 10.7. The van der Waals surface area contributed by atoms with Crippen molar-refractivity contribution in [2.24, 2.45) is 4.99 Å². The van der Waals surface area contributed by atoms with Crippen LogP contribution in [0.5, 0.6) is 0 Å². The number of aliphatic imine (C=N–C) groups is 1. The highest BCUT2D eigenvalue weighted by Gasteiger charge is 1.99. The topological polar surface area (TPSA) is 39.7 Å². The standard InChI is InChI=1S/C18H32N4/c1-5-6-7-8-13-20-18(19-2)21-14-16-9-11-17(12-10-16)15-22(3)4/h9-12H,5-8,13-15H2,1-4H3,(H2,19,20,21). The summed E-state index contributed by atoms with van der Waals surface area (Å²) in [4.78, 5) is 6.44. The second-order valence-electron chi connectivity index (χ2n) is 5.97. The van der Waals surface area contributed by atoms with E-state index in [1.807, 2.05) is 7.05 Å². The molecule has 0 atom stereocenters. The first kappa shape index (κ1) is 18.5. The van der Waals surface area contributed by atoms with Crippen molar-refractivity contribution in [3.05, 3.63) is 35.4 Å². The zero-order valence-corrected chi connectivity index (χ0v) is 14.7. The Labute approximate surface area is 136 Å². The van der Waals surface area contributed by atoms with E-state index in [0.717, 1.165) is 25.6 Å². The Morgan fingerprint density at radius 2 is 1.68 bits per heavy atom. The van der Waals surface area contributed by atoms with Gasteiger partial charge in [-0.25, -0.2) is 0 Å². The highest BCUT2D eigenvalue weighted by Crippen LogP contribution is 2.06. The molecule has 0 radical (unpaired) electrons. The van der Waals surface area contributed by atoms with Gasteiger partial charge in [0.05, 0.1) is 0 Å². The molecule has 1 rings (SSSR count). The molecule has 0 aromatic heterocycles. The van der Waals surface area contributed by atoms with Gasteiger partial charge in [0.1, 0.15) is 0 Å². The van der Waals surface area contributed by atoms with E-state index >= 15 is 0 Å². The molecule has 22 heavy (non-hydrogen) atoms. The molecule has 0 aliphatic heterocycles. The number of nitrogens with zero attached hydrogens (tertiary/aromatic N) is 2. The molecule has 0 unspecified atom stereocenters. The lowest BCUT2D eigenvalue weighted by Crippen LogP contribution is -2.37. The van der Waals surface area contributed by atoms with E-state index in [9.17, 15) is 0 Å². The number of hydrogen-bond donors (Lipinski definition) is 2. The summed E-state index contributed by atoms with van der Waals surface area (Å²) in [6, 6.07) is 8.75. The first-order valence-corrected chi connectivity index (χ1v) is 8.32. The van der Waals surface area contributed by atoms with E-state index in [1.165, 1.54) is 36.8 Å². The Bertz CT molecular complexity index is 423. The first-order valence-electron chi connectivity index (χ1n) is 8.32. The molecule has 0 aliphatic rings. The quantitative estimate of drug-likeness (QED) is 0.418. The summed E-state index contributed by atoms with van der Waals surface area (Å²) in [6.07, 6.45) is 5.07. The van der Waals surface area contributed by atoms with Gasteiger partial charge in [-0.2, -0.15) is 0 Å². The molecule has 1 aromatic carbocycles. The lowest BCUT2D eigenvalue weighted by Gasteiger charge is -2.13. The number of nitrogens with one attached hydrogen (secondary N) is 2. The van der Waals surface area contributed by atoms with Gasteiger partial charge in [-0.1, -0.05) is 50.5 Å². The maximum Gasteiger partial charge on any atom is 0.191 e. The monoisotopic (exact) mass is 304 g/mol. The van der Waals surface area contributed by atoms with Crippen molar-refractivity contribution in [3.8, 4) is 0 Å². The molecular weight excluding hydrogens is 272 g/mol. The highest BCUT2D eigenvalue weighted by molar-refractivity contribution is 5.79. The van der Waals surface area contributed by atoms with Gasteiger partial charge < -0.3 is 15.5 Å². The predicted octanol–water partition coefficient (Wildman–Crippen LogP) is 2.99. The SMILES string of the molecule is CCCCCCNC(=NC)NCc1ccc(CN(C)C)cc1. The molecule has 0 spiro atoms. The van der Waals surface area contributed by atoms with E-state index < -0.39 is 0 Å². The van der Waals surface area contributed by atoms with Gasteiger partial charge in [0, 0.05) is 26.7 Å². The van der Waals surface area contributed by atoms with Crippen LogP contribution in [0.4, 0.5) is 0 Å². The lowest BCUT2D eigenvalue weighted by atomic mass is 10.1. The summed E-state index contributed by atoms with van der Waals surface area (Å²) in [5, 5.41) is 6.73. The normalized spacial score (nSPS) is 11.8. The van der Waals surface area contributed by atoms with Crippen LogP contribution >= 0.6 is 0 Å². The van der Waals surface area contributed by atoms with Crippen molar-refractivity contribution in [2.75, 3.05) is 27.7 Å². The van der Waals surface area contributed by atoms with Crippen molar-refractivity contribution >= 4 is 5.96 Å². The molecule has 0 saturated carbocycles. The second-order valence-corrected chi connectivity index (χ2v) is 5.97. The van der Waals surface area contributed by atoms with Crippen LogP contribution in [0.3, 0.4) is 0 Å². The zero-order valence-electron chi connectivity index (χ0n) is 14.7. The molecule has 124 valence electrons. The van der Waals surface area contributed by atoms with E-state index in [2.05, 4.69) is 65.8 Å². The van der Waals surface area contributed by atoms with Gasteiger partial charge >= 0.3 is 0 Å². The van der Waals surface area contributed by atoms with Gasteiger partial charge in [0.2, 0.25) is 0 Å². The molecule has 4 heteroatoms. The average molecular weight is 304 g/mol. The molecule has 4 nitrogen and oxygen atoms in total. The predicted molar refractivity (Wildman–Crippen MR) is 96.2 cm³/mol. The zero-order chi connectivity index (χ0) is 16.2. The number of unbranched alkanes of at least 4 members (excludes halogenated alkanes) is 3. The van der Waals surface area contributed by atoms with Gasteiger partial charge in [-0.3, -0.25) is 4.99 Å². The maximum absolute atomic E-state index is 4.27. The smallest absolute Gasteiger partial charge is 0.191 e. The summed E-state index contributed by atoms with van der Waals surface area (Å²) < 4.78 is 0. The molecular formula is C18H32N4. The van der Waals surface area contributed by atoms with Crippen LogP contribution in [-0.2, 0) is 13.1 Å². The van der Waals surface area contributed by atoms with Crippen molar-refractivity contribution in [1.82, 2.24) is 15.5 Å². The fourth-order valence-electron chi connectivity index (χ4n) is 2.29. The molecule has 0 amide bonds. The molecule has 0 fully saturated rings. The van der Waals surface area contributed by atoms with E-state index in [1.54, 1.807) is 0 Å². The molecule has 0 bridgehead atoms. The fraction of sp³-hybridized carbons (Fsp3) is 0.611. The van der Waals surface area contributed by atoms with E-state index in [4.69, 9.17) is 0 Å². The minimum absolute atomic E-state index is 0.802. The minimum atomic E-state index is 0.802. The Morgan fingerprint density at radius 1 is 1.00 bits per heavy atom. The van der Waals surface area contributed by atoms with Gasteiger partial charge in [0.25, 0.3) is 0 Å². The molecule has 1 aromatic rings. The van der Waals surface area contributed by atoms with Crippen LogP contribution in [0.25, 0.3) is 0 Å². The van der Waals surface area contributed by atoms with Crippen molar-refractivity contribution in [3.63, 3.8) is 0 Å². The molecule has 0 saturated heterocycles. The van der Waals surface area contributed by atoms with Crippen molar-refractivity contribution in [1.29, 1.82) is 0 Å². The molecule has 0 heterocycles. The number of guanidine groups is 1. The number of rotatable bonds is 9. The van der Waals surface area contributed by atoms with Crippen LogP contribution in [0, 0.1) is 0 Å². The Morgan fingerprint density at radius 3 is 2.27 bits per heavy atom.